The van der Waals surface area contributed by atoms with Crippen LogP contribution in [0.25, 0.3) is 27.8 Å². The largest absolute Gasteiger partial charge is 0.371 e. The summed E-state index contributed by atoms with van der Waals surface area (Å²) < 4.78 is 2.20. The van der Waals surface area contributed by atoms with E-state index in [4.69, 9.17) is 0 Å². The quantitative estimate of drug-likeness (QED) is 0.195. The molecule has 2 heterocycles. The summed E-state index contributed by atoms with van der Waals surface area (Å²) in [5, 5.41) is 0. The number of carbonyl (C=O) groups is 1. The number of hydrogen-bond acceptors (Lipinski definition) is 2. The highest BCUT2D eigenvalue weighted by atomic mass is 16.1. The molecule has 0 unspecified atom stereocenters. The van der Waals surface area contributed by atoms with Crippen molar-refractivity contribution < 1.29 is 4.79 Å². The SMILES string of the molecule is CCN(CC)c1ccccc1C(=O)c1ccccc1.c1ccc(-c2cn3ccccc3c2-c2ccccc2)cc1. The predicted molar refractivity (Wildman–Crippen MR) is 168 cm³/mol. The highest BCUT2D eigenvalue weighted by Gasteiger charge is 2.16. The first-order valence-electron chi connectivity index (χ1n) is 13.9. The molecule has 0 aliphatic carbocycles. The lowest BCUT2D eigenvalue weighted by atomic mass is 9.98. The molecular formula is C37H34N2O. The fourth-order valence-corrected chi connectivity index (χ4v) is 5.12. The maximum atomic E-state index is 12.6. The van der Waals surface area contributed by atoms with Crippen molar-refractivity contribution in [2.75, 3.05) is 18.0 Å². The van der Waals surface area contributed by atoms with Crippen molar-refractivity contribution in [3.05, 3.63) is 157 Å². The number of para-hydroxylation sites is 1. The fourth-order valence-electron chi connectivity index (χ4n) is 5.12. The second-order valence-corrected chi connectivity index (χ2v) is 9.53. The number of carbonyl (C=O) groups excluding carboxylic acids is 1. The van der Waals surface area contributed by atoms with Gasteiger partial charge in [0.15, 0.2) is 5.78 Å². The van der Waals surface area contributed by atoms with Crippen LogP contribution in [0.15, 0.2) is 146 Å². The van der Waals surface area contributed by atoms with Gasteiger partial charge < -0.3 is 9.30 Å². The van der Waals surface area contributed by atoms with Gasteiger partial charge in [0.1, 0.15) is 0 Å². The van der Waals surface area contributed by atoms with Crippen LogP contribution in [0.5, 0.6) is 0 Å². The first kappa shape index (κ1) is 26.7. The van der Waals surface area contributed by atoms with Gasteiger partial charge in [0, 0.05) is 53.4 Å². The highest BCUT2D eigenvalue weighted by molar-refractivity contribution is 6.12. The fraction of sp³-hybridized carbons (Fsp3) is 0.108. The van der Waals surface area contributed by atoms with Gasteiger partial charge in [0.25, 0.3) is 0 Å². The van der Waals surface area contributed by atoms with Crippen LogP contribution in [0.2, 0.25) is 0 Å². The smallest absolute Gasteiger partial charge is 0.195 e. The molecule has 40 heavy (non-hydrogen) atoms. The molecule has 3 heteroatoms. The molecule has 198 valence electrons. The van der Waals surface area contributed by atoms with Gasteiger partial charge in [-0.2, -0.15) is 0 Å². The van der Waals surface area contributed by atoms with Crippen molar-refractivity contribution in [2.24, 2.45) is 0 Å². The predicted octanol–water partition coefficient (Wildman–Crippen LogP) is 9.04. The molecule has 2 aromatic heterocycles. The Balaban J connectivity index is 0.000000162. The monoisotopic (exact) mass is 522 g/mol. The van der Waals surface area contributed by atoms with Gasteiger partial charge in [-0.3, -0.25) is 4.79 Å². The Bertz CT molecular complexity index is 1670. The molecule has 0 N–H and O–H groups in total. The van der Waals surface area contributed by atoms with E-state index in [0.29, 0.717) is 0 Å². The van der Waals surface area contributed by atoms with Crippen LogP contribution in [0, 0.1) is 0 Å². The number of fused-ring (bicyclic) bond motifs is 1. The Labute approximate surface area is 237 Å². The Morgan fingerprint density at radius 3 is 1.82 bits per heavy atom. The minimum absolute atomic E-state index is 0.0862. The Morgan fingerprint density at radius 2 is 1.18 bits per heavy atom. The lowest BCUT2D eigenvalue weighted by molar-refractivity contribution is 0.103. The van der Waals surface area contributed by atoms with Crippen molar-refractivity contribution in [3.8, 4) is 22.3 Å². The number of nitrogens with zero attached hydrogens (tertiary/aromatic N) is 2. The molecule has 4 aromatic carbocycles. The van der Waals surface area contributed by atoms with Gasteiger partial charge in [-0.05, 0) is 49.2 Å². The standard InChI is InChI=1S/C20H15N.C17H19NO/c1-3-9-16(10-4-1)18-15-21-14-8-7-13-19(21)20(18)17-11-5-2-6-12-17;1-3-18(4-2)16-13-9-8-12-15(16)17(19)14-10-6-5-7-11-14/h1-15H;5-13H,3-4H2,1-2H3. The number of benzene rings is 4. The van der Waals surface area contributed by atoms with Crippen LogP contribution in [0.4, 0.5) is 5.69 Å². The Kier molecular flexibility index (Phi) is 8.53. The average molecular weight is 523 g/mol. The van der Waals surface area contributed by atoms with Gasteiger partial charge in [0.2, 0.25) is 0 Å². The van der Waals surface area contributed by atoms with Crippen molar-refractivity contribution in [1.29, 1.82) is 0 Å². The summed E-state index contributed by atoms with van der Waals surface area (Å²) in [5.74, 6) is 0.0862. The molecule has 6 aromatic rings. The first-order chi connectivity index (χ1) is 19.7. The van der Waals surface area contributed by atoms with E-state index in [2.05, 4.69) is 114 Å². The molecule has 0 atom stereocenters. The second kappa shape index (κ2) is 12.8. The summed E-state index contributed by atoms with van der Waals surface area (Å²) in [6, 6.07) is 44.8. The summed E-state index contributed by atoms with van der Waals surface area (Å²) >= 11 is 0. The molecular weight excluding hydrogens is 488 g/mol. The summed E-state index contributed by atoms with van der Waals surface area (Å²) in [4.78, 5) is 14.8. The molecule has 6 rings (SSSR count). The topological polar surface area (TPSA) is 24.7 Å². The maximum absolute atomic E-state index is 12.6. The molecule has 0 aliphatic rings. The molecule has 0 saturated heterocycles. The minimum Gasteiger partial charge on any atom is -0.371 e. The highest BCUT2D eigenvalue weighted by Crippen LogP contribution is 2.36. The maximum Gasteiger partial charge on any atom is 0.195 e. The van der Waals surface area contributed by atoms with Crippen molar-refractivity contribution in [1.82, 2.24) is 4.40 Å². The van der Waals surface area contributed by atoms with Gasteiger partial charge in [0.05, 0.1) is 5.52 Å². The van der Waals surface area contributed by atoms with Gasteiger partial charge >= 0.3 is 0 Å². The molecule has 0 aliphatic heterocycles. The molecule has 0 saturated carbocycles. The Hall–Kier alpha value is -4.89. The lowest BCUT2D eigenvalue weighted by Gasteiger charge is -2.23. The number of hydrogen-bond donors (Lipinski definition) is 0. The second-order valence-electron chi connectivity index (χ2n) is 9.53. The van der Waals surface area contributed by atoms with Crippen LogP contribution in [0.3, 0.4) is 0 Å². The van der Waals surface area contributed by atoms with Gasteiger partial charge in [-0.25, -0.2) is 0 Å². The summed E-state index contributed by atoms with van der Waals surface area (Å²) in [5.41, 5.74) is 8.84. The molecule has 0 spiro atoms. The van der Waals surface area contributed by atoms with E-state index in [0.717, 1.165) is 29.9 Å². The third-order valence-corrected chi connectivity index (χ3v) is 7.12. The van der Waals surface area contributed by atoms with Crippen molar-refractivity contribution in [3.63, 3.8) is 0 Å². The zero-order valence-electron chi connectivity index (χ0n) is 23.1. The number of rotatable bonds is 7. The molecule has 3 nitrogen and oxygen atoms in total. The number of ketones is 1. The van der Waals surface area contributed by atoms with E-state index >= 15 is 0 Å². The van der Waals surface area contributed by atoms with E-state index in [-0.39, 0.29) is 5.78 Å². The lowest BCUT2D eigenvalue weighted by Crippen LogP contribution is -2.24. The van der Waals surface area contributed by atoms with E-state index < -0.39 is 0 Å². The number of pyridine rings is 1. The van der Waals surface area contributed by atoms with Crippen molar-refractivity contribution >= 4 is 17.0 Å². The van der Waals surface area contributed by atoms with Gasteiger partial charge in [-0.1, -0.05) is 109 Å². The summed E-state index contributed by atoms with van der Waals surface area (Å²) in [7, 11) is 0. The minimum atomic E-state index is 0.0862. The summed E-state index contributed by atoms with van der Waals surface area (Å²) in [6.07, 6.45) is 4.32. The summed E-state index contributed by atoms with van der Waals surface area (Å²) in [6.45, 7) is 6.01. The van der Waals surface area contributed by atoms with E-state index in [1.807, 2.05) is 54.6 Å². The van der Waals surface area contributed by atoms with Crippen molar-refractivity contribution in [2.45, 2.75) is 13.8 Å². The first-order valence-corrected chi connectivity index (χ1v) is 13.9. The van der Waals surface area contributed by atoms with E-state index in [1.54, 1.807) is 0 Å². The van der Waals surface area contributed by atoms with Crippen LogP contribution in [0.1, 0.15) is 29.8 Å². The molecule has 0 amide bonds. The van der Waals surface area contributed by atoms with Crippen LogP contribution in [-0.2, 0) is 0 Å². The zero-order chi connectivity index (χ0) is 27.7. The zero-order valence-corrected chi connectivity index (χ0v) is 23.1. The molecule has 0 radical (unpaired) electrons. The average Bonchev–Trinajstić information content (AvgIpc) is 3.43. The Morgan fingerprint density at radius 1 is 0.625 bits per heavy atom. The van der Waals surface area contributed by atoms with E-state index in [9.17, 15) is 4.79 Å². The normalized spacial score (nSPS) is 10.6. The third kappa shape index (κ3) is 5.74. The molecule has 0 bridgehead atoms. The van der Waals surface area contributed by atoms with Gasteiger partial charge in [-0.15, -0.1) is 0 Å². The van der Waals surface area contributed by atoms with Crippen LogP contribution < -0.4 is 4.90 Å². The number of aromatic nitrogens is 1. The molecule has 0 fully saturated rings. The van der Waals surface area contributed by atoms with E-state index in [1.165, 1.54) is 27.8 Å². The van der Waals surface area contributed by atoms with Crippen LogP contribution in [-0.4, -0.2) is 23.3 Å². The third-order valence-electron chi connectivity index (χ3n) is 7.12. The number of anilines is 1. The van der Waals surface area contributed by atoms with Crippen LogP contribution >= 0.6 is 0 Å².